The molecule has 0 atom stereocenters. The Morgan fingerprint density at radius 1 is 1.22 bits per heavy atom. The molecule has 1 saturated carbocycles. The molecule has 1 aromatic carbocycles. The number of aromatic nitrogens is 1. The largest absolute Gasteiger partial charge is 0.354 e. The van der Waals surface area contributed by atoms with Gasteiger partial charge in [-0.05, 0) is 43.5 Å². The van der Waals surface area contributed by atoms with E-state index in [-0.39, 0.29) is 5.91 Å². The molecular weight excluding hydrogens is 310 g/mol. The quantitative estimate of drug-likeness (QED) is 0.870. The summed E-state index contributed by atoms with van der Waals surface area (Å²) in [6.07, 6.45) is 7.82. The van der Waals surface area contributed by atoms with Crippen LogP contribution >= 0.6 is 11.6 Å². The molecule has 0 aliphatic heterocycles. The average Bonchev–Trinajstić information content (AvgIpc) is 3.04. The number of amides is 1. The summed E-state index contributed by atoms with van der Waals surface area (Å²) in [6.45, 7) is 2.00. The molecule has 4 nitrogen and oxygen atoms in total. The molecule has 1 aliphatic carbocycles. The molecule has 0 saturated heterocycles. The number of carbonyl (C=O) groups is 1. The first kappa shape index (κ1) is 15.8. The van der Waals surface area contributed by atoms with E-state index in [9.17, 15) is 4.79 Å². The van der Waals surface area contributed by atoms with Gasteiger partial charge in [0.1, 0.15) is 0 Å². The fraction of sp³-hybridized carbons (Fsp3) is 0.333. The van der Waals surface area contributed by atoms with Crippen molar-refractivity contribution in [2.24, 2.45) is 0 Å². The molecule has 1 heterocycles. The van der Waals surface area contributed by atoms with Crippen LogP contribution in [0.25, 0.3) is 0 Å². The fourth-order valence-corrected chi connectivity index (χ4v) is 3.03. The van der Waals surface area contributed by atoms with Gasteiger partial charge in [0, 0.05) is 22.9 Å². The maximum Gasteiger partial charge on any atom is 0.253 e. The van der Waals surface area contributed by atoms with E-state index in [0.717, 1.165) is 29.8 Å². The number of halogens is 1. The van der Waals surface area contributed by atoms with Crippen molar-refractivity contribution in [1.29, 1.82) is 0 Å². The van der Waals surface area contributed by atoms with Crippen LogP contribution in [0.4, 0.5) is 11.4 Å². The lowest BCUT2D eigenvalue weighted by Crippen LogP contribution is -2.32. The van der Waals surface area contributed by atoms with Crippen LogP contribution in [0, 0.1) is 6.92 Å². The molecule has 0 unspecified atom stereocenters. The lowest BCUT2D eigenvalue weighted by molar-refractivity contribution is 0.0937. The summed E-state index contributed by atoms with van der Waals surface area (Å²) in [5.41, 5.74) is 3.33. The number of nitrogens with zero attached hydrogens (tertiary/aromatic N) is 1. The summed E-state index contributed by atoms with van der Waals surface area (Å²) in [5, 5.41) is 7.02. The van der Waals surface area contributed by atoms with Gasteiger partial charge in [-0.2, -0.15) is 0 Å². The third-order valence-corrected chi connectivity index (χ3v) is 4.40. The van der Waals surface area contributed by atoms with Crippen LogP contribution in [-0.2, 0) is 0 Å². The number of hydrogen-bond acceptors (Lipinski definition) is 3. The van der Waals surface area contributed by atoms with E-state index >= 15 is 0 Å². The van der Waals surface area contributed by atoms with Crippen molar-refractivity contribution in [2.75, 3.05) is 5.32 Å². The zero-order valence-electron chi connectivity index (χ0n) is 13.1. The Bertz CT molecular complexity index is 711. The highest BCUT2D eigenvalue weighted by Gasteiger charge is 2.18. The van der Waals surface area contributed by atoms with E-state index in [1.54, 1.807) is 12.4 Å². The zero-order valence-corrected chi connectivity index (χ0v) is 13.9. The average molecular weight is 330 g/mol. The minimum absolute atomic E-state index is 0.0594. The van der Waals surface area contributed by atoms with E-state index in [1.165, 1.54) is 12.8 Å². The Hall–Kier alpha value is -2.07. The molecule has 1 aliphatic rings. The molecular formula is C18H20ClN3O. The van der Waals surface area contributed by atoms with Crippen molar-refractivity contribution in [2.45, 2.75) is 38.6 Å². The zero-order chi connectivity index (χ0) is 16.2. The number of benzene rings is 1. The van der Waals surface area contributed by atoms with E-state index in [1.807, 2.05) is 31.2 Å². The van der Waals surface area contributed by atoms with E-state index in [2.05, 4.69) is 15.6 Å². The normalized spacial score (nSPS) is 14.7. The summed E-state index contributed by atoms with van der Waals surface area (Å²) in [4.78, 5) is 16.5. The molecule has 1 fully saturated rings. The number of pyridine rings is 1. The summed E-state index contributed by atoms with van der Waals surface area (Å²) >= 11 is 6.04. The molecule has 2 N–H and O–H groups in total. The Balaban J connectivity index is 1.74. The Kier molecular flexibility index (Phi) is 4.82. The van der Waals surface area contributed by atoms with Gasteiger partial charge >= 0.3 is 0 Å². The number of nitrogens with one attached hydrogen (secondary N) is 2. The predicted octanol–water partition coefficient (Wildman–Crippen LogP) is 4.46. The molecule has 5 heteroatoms. The third kappa shape index (κ3) is 4.02. The van der Waals surface area contributed by atoms with Gasteiger partial charge in [-0.3, -0.25) is 9.78 Å². The topological polar surface area (TPSA) is 54.0 Å². The monoisotopic (exact) mass is 329 g/mol. The minimum atomic E-state index is -0.0594. The summed E-state index contributed by atoms with van der Waals surface area (Å²) in [5.74, 6) is -0.0594. The Labute approximate surface area is 141 Å². The second kappa shape index (κ2) is 7.01. The fourth-order valence-electron chi connectivity index (χ4n) is 2.86. The first-order valence-electron chi connectivity index (χ1n) is 7.91. The summed E-state index contributed by atoms with van der Waals surface area (Å²) in [7, 11) is 0. The van der Waals surface area contributed by atoms with Gasteiger partial charge in [0.05, 0.1) is 17.4 Å². The van der Waals surface area contributed by atoms with Gasteiger partial charge in [0.15, 0.2) is 0 Å². The van der Waals surface area contributed by atoms with E-state index in [0.29, 0.717) is 16.6 Å². The van der Waals surface area contributed by atoms with E-state index in [4.69, 9.17) is 11.6 Å². The molecule has 1 aromatic heterocycles. The van der Waals surface area contributed by atoms with Crippen molar-refractivity contribution < 1.29 is 4.79 Å². The van der Waals surface area contributed by atoms with Crippen molar-refractivity contribution in [1.82, 2.24) is 10.3 Å². The number of aryl methyl sites for hydroxylation is 1. The number of anilines is 2. The number of rotatable bonds is 4. The molecule has 3 rings (SSSR count). The van der Waals surface area contributed by atoms with Crippen LogP contribution < -0.4 is 10.6 Å². The van der Waals surface area contributed by atoms with Gasteiger partial charge in [-0.1, -0.05) is 30.5 Å². The van der Waals surface area contributed by atoms with Crippen LogP contribution in [0.2, 0.25) is 5.02 Å². The second-order valence-electron chi connectivity index (χ2n) is 6.00. The van der Waals surface area contributed by atoms with Crippen molar-refractivity contribution >= 4 is 28.9 Å². The smallest absolute Gasteiger partial charge is 0.253 e. The second-order valence-corrected chi connectivity index (χ2v) is 6.44. The lowest BCUT2D eigenvalue weighted by Gasteiger charge is -2.13. The highest BCUT2D eigenvalue weighted by atomic mass is 35.5. The summed E-state index contributed by atoms with van der Waals surface area (Å²) in [6, 6.07) is 7.79. The van der Waals surface area contributed by atoms with Crippen LogP contribution in [0.15, 0.2) is 36.7 Å². The molecule has 1 amide bonds. The Morgan fingerprint density at radius 2 is 2.00 bits per heavy atom. The van der Waals surface area contributed by atoms with Crippen LogP contribution in [0.1, 0.15) is 41.6 Å². The van der Waals surface area contributed by atoms with Crippen molar-refractivity contribution in [3.63, 3.8) is 0 Å². The van der Waals surface area contributed by atoms with Gasteiger partial charge in [0.2, 0.25) is 0 Å². The first-order chi connectivity index (χ1) is 11.1. The lowest BCUT2D eigenvalue weighted by atomic mass is 10.2. The maximum absolute atomic E-state index is 12.3. The maximum atomic E-state index is 12.3. The van der Waals surface area contributed by atoms with E-state index < -0.39 is 0 Å². The molecule has 23 heavy (non-hydrogen) atoms. The molecule has 0 spiro atoms. The first-order valence-corrected chi connectivity index (χ1v) is 8.29. The van der Waals surface area contributed by atoms with Crippen LogP contribution in [0.3, 0.4) is 0 Å². The highest BCUT2D eigenvalue weighted by molar-refractivity contribution is 6.30. The van der Waals surface area contributed by atoms with Crippen LogP contribution in [0.5, 0.6) is 0 Å². The standard InChI is InChI=1S/C18H20ClN3O/c1-12-6-7-14(19)9-17(12)21-16-8-13(10-20-11-16)18(23)22-15-4-2-3-5-15/h6-11,15,21H,2-5H2,1H3,(H,22,23). The molecule has 0 bridgehead atoms. The van der Waals surface area contributed by atoms with Gasteiger partial charge in [0.25, 0.3) is 5.91 Å². The number of hydrogen-bond donors (Lipinski definition) is 2. The third-order valence-electron chi connectivity index (χ3n) is 4.17. The highest BCUT2D eigenvalue weighted by Crippen LogP contribution is 2.24. The predicted molar refractivity (Wildman–Crippen MR) is 93.4 cm³/mol. The van der Waals surface area contributed by atoms with Crippen molar-refractivity contribution in [3.8, 4) is 0 Å². The minimum Gasteiger partial charge on any atom is -0.354 e. The van der Waals surface area contributed by atoms with Gasteiger partial charge in [-0.15, -0.1) is 0 Å². The SMILES string of the molecule is Cc1ccc(Cl)cc1Nc1cncc(C(=O)NC2CCCC2)c1. The summed E-state index contributed by atoms with van der Waals surface area (Å²) < 4.78 is 0. The molecule has 120 valence electrons. The Morgan fingerprint density at radius 3 is 2.78 bits per heavy atom. The molecule has 2 aromatic rings. The van der Waals surface area contributed by atoms with Crippen LogP contribution in [-0.4, -0.2) is 16.9 Å². The van der Waals surface area contributed by atoms with Gasteiger partial charge < -0.3 is 10.6 Å². The van der Waals surface area contributed by atoms with Crippen molar-refractivity contribution in [3.05, 3.63) is 52.8 Å². The van der Waals surface area contributed by atoms with Gasteiger partial charge in [-0.25, -0.2) is 0 Å². The molecule has 0 radical (unpaired) electrons. The number of carbonyl (C=O) groups excluding carboxylic acids is 1.